The summed E-state index contributed by atoms with van der Waals surface area (Å²) in [6.07, 6.45) is 3.15. The van der Waals surface area contributed by atoms with Gasteiger partial charge in [-0.05, 0) is 17.7 Å². The molecule has 20 heavy (non-hydrogen) atoms. The zero-order valence-electron chi connectivity index (χ0n) is 10.3. The maximum Gasteiger partial charge on any atom is 0.265 e. The number of nitrogens with zero attached hydrogens (tertiary/aromatic N) is 2. The van der Waals surface area contributed by atoms with E-state index in [0.717, 1.165) is 10.0 Å². The lowest BCUT2D eigenvalue weighted by atomic mass is 10.1. The second-order valence-corrected chi connectivity index (χ2v) is 5.63. The van der Waals surface area contributed by atoms with Gasteiger partial charge in [0.2, 0.25) is 0 Å². The summed E-state index contributed by atoms with van der Waals surface area (Å²) in [4.78, 5) is 19.5. The minimum Gasteiger partial charge on any atom is -0.381 e. The molecule has 6 nitrogen and oxygen atoms in total. The van der Waals surface area contributed by atoms with E-state index in [2.05, 4.69) is 31.3 Å². The summed E-state index contributed by atoms with van der Waals surface area (Å²) < 4.78 is 0.827. The van der Waals surface area contributed by atoms with E-state index in [1.54, 1.807) is 24.5 Å². The van der Waals surface area contributed by atoms with Crippen molar-refractivity contribution in [2.24, 2.45) is 5.84 Å². The SMILES string of the molecule is NNC(=O)c1ccc(CSc2nccnc2N)c(Br)c1. The molecule has 0 fully saturated rings. The van der Waals surface area contributed by atoms with Gasteiger partial charge in [0.25, 0.3) is 5.91 Å². The van der Waals surface area contributed by atoms with Gasteiger partial charge in [0.05, 0.1) is 0 Å². The van der Waals surface area contributed by atoms with Crippen molar-refractivity contribution in [1.29, 1.82) is 0 Å². The number of hydrogen-bond acceptors (Lipinski definition) is 6. The summed E-state index contributed by atoms with van der Waals surface area (Å²) >= 11 is 4.92. The summed E-state index contributed by atoms with van der Waals surface area (Å²) in [6, 6.07) is 5.29. The maximum atomic E-state index is 11.4. The molecule has 0 aliphatic heterocycles. The summed E-state index contributed by atoms with van der Waals surface area (Å²) in [5, 5.41) is 0.683. The number of carbonyl (C=O) groups excluding carboxylic acids is 1. The largest absolute Gasteiger partial charge is 0.381 e. The van der Waals surface area contributed by atoms with Gasteiger partial charge in [0.15, 0.2) is 5.82 Å². The number of nitrogens with one attached hydrogen (secondary N) is 1. The van der Waals surface area contributed by atoms with Gasteiger partial charge in [-0.2, -0.15) is 0 Å². The third-order valence-corrected chi connectivity index (χ3v) is 4.28. The van der Waals surface area contributed by atoms with E-state index < -0.39 is 0 Å². The molecular weight excluding hydrogens is 342 g/mol. The summed E-state index contributed by atoms with van der Waals surface area (Å²) in [7, 11) is 0. The second-order valence-electron chi connectivity index (χ2n) is 3.82. The average Bonchev–Trinajstić information content (AvgIpc) is 2.46. The van der Waals surface area contributed by atoms with Crippen LogP contribution >= 0.6 is 27.7 Å². The number of rotatable bonds is 4. The zero-order valence-corrected chi connectivity index (χ0v) is 12.7. The Bertz CT molecular complexity index is 637. The van der Waals surface area contributed by atoms with E-state index in [9.17, 15) is 4.79 Å². The van der Waals surface area contributed by atoms with Crippen molar-refractivity contribution in [1.82, 2.24) is 15.4 Å². The Morgan fingerprint density at radius 1 is 1.35 bits per heavy atom. The van der Waals surface area contributed by atoms with Gasteiger partial charge in [0, 0.05) is 28.2 Å². The highest BCUT2D eigenvalue weighted by molar-refractivity contribution is 9.10. The molecule has 0 saturated heterocycles. The Hall–Kier alpha value is -1.64. The predicted octanol–water partition coefficient (Wildman–Crippen LogP) is 1.72. The Morgan fingerprint density at radius 2 is 2.10 bits per heavy atom. The van der Waals surface area contributed by atoms with Gasteiger partial charge >= 0.3 is 0 Å². The normalized spacial score (nSPS) is 10.3. The highest BCUT2D eigenvalue weighted by atomic mass is 79.9. The number of amides is 1. The van der Waals surface area contributed by atoms with Crippen LogP contribution in [0.5, 0.6) is 0 Å². The number of nitrogen functional groups attached to an aromatic ring is 2. The minimum absolute atomic E-state index is 0.330. The molecule has 2 rings (SSSR count). The number of hydrazine groups is 1. The number of thioether (sulfide) groups is 1. The van der Waals surface area contributed by atoms with Crippen molar-refractivity contribution in [3.8, 4) is 0 Å². The lowest BCUT2D eigenvalue weighted by Gasteiger charge is -2.07. The predicted molar refractivity (Wildman–Crippen MR) is 81.8 cm³/mol. The van der Waals surface area contributed by atoms with Gasteiger partial charge in [0.1, 0.15) is 5.03 Å². The third kappa shape index (κ3) is 3.47. The lowest BCUT2D eigenvalue weighted by Crippen LogP contribution is -2.29. The summed E-state index contributed by atoms with van der Waals surface area (Å²) in [5.41, 5.74) is 9.34. The zero-order chi connectivity index (χ0) is 14.5. The molecule has 2 aromatic rings. The van der Waals surface area contributed by atoms with Crippen molar-refractivity contribution in [2.45, 2.75) is 10.8 Å². The molecule has 0 radical (unpaired) electrons. The Morgan fingerprint density at radius 3 is 2.75 bits per heavy atom. The van der Waals surface area contributed by atoms with Crippen LogP contribution in [0.4, 0.5) is 5.82 Å². The van der Waals surface area contributed by atoms with E-state index in [0.29, 0.717) is 22.2 Å². The van der Waals surface area contributed by atoms with Crippen molar-refractivity contribution in [2.75, 3.05) is 5.73 Å². The van der Waals surface area contributed by atoms with E-state index in [1.165, 1.54) is 11.8 Å². The quantitative estimate of drug-likeness (QED) is 0.334. The Kier molecular flexibility index (Phi) is 4.94. The fourth-order valence-electron chi connectivity index (χ4n) is 1.48. The number of anilines is 1. The molecule has 0 aliphatic carbocycles. The maximum absolute atomic E-state index is 11.4. The van der Waals surface area contributed by atoms with Crippen LogP contribution in [0.2, 0.25) is 0 Å². The van der Waals surface area contributed by atoms with Gasteiger partial charge in [-0.15, -0.1) is 0 Å². The summed E-state index contributed by atoms with van der Waals surface area (Å²) in [6.45, 7) is 0. The molecule has 0 saturated carbocycles. The van der Waals surface area contributed by atoms with Crippen LogP contribution in [0.15, 0.2) is 40.1 Å². The molecule has 1 aromatic carbocycles. The summed E-state index contributed by atoms with van der Waals surface area (Å²) in [5.74, 6) is 5.84. The first-order chi connectivity index (χ1) is 9.61. The first kappa shape index (κ1) is 14.8. The third-order valence-electron chi connectivity index (χ3n) is 2.50. The average molecular weight is 354 g/mol. The minimum atomic E-state index is -0.330. The molecule has 0 spiro atoms. The Labute approximate surface area is 128 Å². The molecule has 0 unspecified atom stereocenters. The van der Waals surface area contributed by atoms with Crippen molar-refractivity contribution >= 4 is 39.4 Å². The first-order valence-corrected chi connectivity index (χ1v) is 7.38. The highest BCUT2D eigenvalue weighted by Crippen LogP contribution is 2.28. The van der Waals surface area contributed by atoms with E-state index in [-0.39, 0.29) is 5.91 Å². The van der Waals surface area contributed by atoms with Crippen LogP contribution < -0.4 is 17.0 Å². The van der Waals surface area contributed by atoms with Gasteiger partial charge in [-0.3, -0.25) is 10.2 Å². The van der Waals surface area contributed by atoms with E-state index in [4.69, 9.17) is 11.6 Å². The molecule has 1 aromatic heterocycles. The van der Waals surface area contributed by atoms with Crippen molar-refractivity contribution in [3.63, 3.8) is 0 Å². The monoisotopic (exact) mass is 353 g/mol. The lowest BCUT2D eigenvalue weighted by molar-refractivity contribution is 0.0953. The molecule has 1 amide bonds. The fraction of sp³-hybridized carbons (Fsp3) is 0.0833. The molecule has 8 heteroatoms. The van der Waals surface area contributed by atoms with Crippen LogP contribution in [-0.2, 0) is 5.75 Å². The first-order valence-electron chi connectivity index (χ1n) is 5.60. The molecule has 1 heterocycles. The highest BCUT2D eigenvalue weighted by Gasteiger charge is 2.09. The molecule has 0 aliphatic rings. The van der Waals surface area contributed by atoms with E-state index in [1.807, 2.05) is 6.07 Å². The fourth-order valence-corrected chi connectivity index (χ4v) is 3.07. The van der Waals surface area contributed by atoms with Gasteiger partial charge < -0.3 is 5.73 Å². The van der Waals surface area contributed by atoms with Crippen LogP contribution in [-0.4, -0.2) is 15.9 Å². The smallest absolute Gasteiger partial charge is 0.265 e. The van der Waals surface area contributed by atoms with Crippen LogP contribution in [0.3, 0.4) is 0 Å². The molecule has 104 valence electrons. The topological polar surface area (TPSA) is 107 Å². The van der Waals surface area contributed by atoms with Crippen LogP contribution in [0.1, 0.15) is 15.9 Å². The van der Waals surface area contributed by atoms with Crippen molar-refractivity contribution < 1.29 is 4.79 Å². The van der Waals surface area contributed by atoms with Crippen LogP contribution in [0.25, 0.3) is 0 Å². The number of halogens is 1. The molecule has 0 bridgehead atoms. The Balaban J connectivity index is 2.11. The number of benzene rings is 1. The van der Waals surface area contributed by atoms with Crippen molar-refractivity contribution in [3.05, 3.63) is 46.2 Å². The second kappa shape index (κ2) is 6.69. The number of hydrogen-bond donors (Lipinski definition) is 3. The standard InChI is InChI=1S/C12H12BrN5OS/c13-9-5-7(11(19)18-15)1-2-8(9)6-20-12-10(14)16-3-4-17-12/h1-5H,6,15H2,(H2,14,16)(H,18,19). The van der Waals surface area contributed by atoms with Gasteiger partial charge in [-0.25, -0.2) is 15.8 Å². The van der Waals surface area contributed by atoms with Crippen LogP contribution in [0, 0.1) is 0 Å². The number of aromatic nitrogens is 2. The van der Waals surface area contributed by atoms with E-state index >= 15 is 0 Å². The molecule has 5 N–H and O–H groups in total. The number of carbonyl (C=O) groups is 1. The molecule has 0 atom stereocenters. The van der Waals surface area contributed by atoms with Gasteiger partial charge in [-0.1, -0.05) is 33.8 Å². The number of nitrogens with two attached hydrogens (primary N) is 2. The molecular formula is C12H12BrN5OS.